The lowest BCUT2D eigenvalue weighted by Gasteiger charge is -1.95. The maximum atomic E-state index is 5.70. The molecule has 0 bridgehead atoms. The lowest BCUT2D eigenvalue weighted by atomic mass is 10.3. The van der Waals surface area contributed by atoms with Crippen LogP contribution in [0.2, 0.25) is 0 Å². The highest BCUT2D eigenvalue weighted by atomic mass is 35.5. The highest BCUT2D eigenvalue weighted by Gasteiger charge is 2.09. The quantitative estimate of drug-likeness (QED) is 0.657. The van der Waals surface area contributed by atoms with E-state index in [-0.39, 0.29) is 0 Å². The average molecular weight is 251 g/mol. The summed E-state index contributed by atoms with van der Waals surface area (Å²) in [6.07, 6.45) is 1.82. The van der Waals surface area contributed by atoms with E-state index in [1.807, 2.05) is 30.5 Å². The monoisotopic (exact) mass is 250 g/mol. The van der Waals surface area contributed by atoms with Crippen LogP contribution in [0, 0.1) is 0 Å². The van der Waals surface area contributed by atoms with Crippen molar-refractivity contribution >= 4 is 33.8 Å². The van der Waals surface area contributed by atoms with E-state index >= 15 is 0 Å². The molecule has 0 amide bonds. The molecule has 1 aromatic carbocycles. The Labute approximate surface area is 100 Å². The Morgan fingerprint density at radius 3 is 2.94 bits per heavy atom. The molecule has 6 heteroatoms. The second kappa shape index (κ2) is 3.84. The maximum Gasteiger partial charge on any atom is 0.233 e. The highest BCUT2D eigenvalue weighted by molar-refractivity contribution is 7.13. The zero-order chi connectivity index (χ0) is 11.0. The summed E-state index contributed by atoms with van der Waals surface area (Å²) >= 11 is 7.15. The fourth-order valence-electron chi connectivity index (χ4n) is 1.51. The minimum Gasteiger partial charge on any atom is -0.204 e. The third-order valence-electron chi connectivity index (χ3n) is 2.23. The Morgan fingerprint density at radius 2 is 2.12 bits per heavy atom. The summed E-state index contributed by atoms with van der Waals surface area (Å²) < 4.78 is 1.78. The molecule has 3 aromatic rings. The molecule has 0 spiro atoms. The van der Waals surface area contributed by atoms with Crippen LogP contribution < -0.4 is 0 Å². The van der Waals surface area contributed by atoms with Crippen molar-refractivity contribution in [3.8, 4) is 5.13 Å². The molecule has 0 atom stereocenters. The molecule has 0 saturated carbocycles. The van der Waals surface area contributed by atoms with Crippen LogP contribution in [0.1, 0.15) is 5.01 Å². The molecule has 3 rings (SSSR count). The summed E-state index contributed by atoms with van der Waals surface area (Å²) in [5.74, 6) is 0.386. The molecule has 0 N–H and O–H groups in total. The molecule has 2 heterocycles. The van der Waals surface area contributed by atoms with Crippen LogP contribution in [-0.4, -0.2) is 20.0 Å². The van der Waals surface area contributed by atoms with Gasteiger partial charge < -0.3 is 0 Å². The predicted molar refractivity (Wildman–Crippen MR) is 64.1 cm³/mol. The SMILES string of the molecule is ClCc1nnc(-n2ncc3ccccc32)s1. The standard InChI is InChI=1S/C10H7ClN4S/c11-5-9-13-14-10(16-9)15-8-4-2-1-3-7(8)6-12-15/h1-4,6H,5H2. The first-order valence-corrected chi connectivity index (χ1v) is 6.05. The molecule has 0 aliphatic carbocycles. The molecule has 0 fully saturated rings. The fraction of sp³-hybridized carbons (Fsp3) is 0.100. The van der Waals surface area contributed by atoms with Crippen LogP contribution in [0.5, 0.6) is 0 Å². The second-order valence-corrected chi connectivity index (χ2v) is 4.53. The molecule has 2 aromatic heterocycles. The normalized spacial score (nSPS) is 11.1. The van der Waals surface area contributed by atoms with Crippen molar-refractivity contribution < 1.29 is 0 Å². The number of para-hydroxylation sites is 1. The Balaban J connectivity index is 2.18. The predicted octanol–water partition coefficient (Wildman–Crippen LogP) is 2.62. The molecule has 0 saturated heterocycles. The van der Waals surface area contributed by atoms with Gasteiger partial charge in [-0.05, 0) is 6.07 Å². The number of hydrogen-bond acceptors (Lipinski definition) is 4. The number of fused-ring (bicyclic) bond motifs is 1. The molecular formula is C10H7ClN4S. The first-order chi connectivity index (χ1) is 7.88. The molecule has 80 valence electrons. The number of aromatic nitrogens is 4. The molecule has 4 nitrogen and oxygen atoms in total. The second-order valence-electron chi connectivity index (χ2n) is 3.23. The van der Waals surface area contributed by atoms with Crippen molar-refractivity contribution in [2.24, 2.45) is 0 Å². The Morgan fingerprint density at radius 1 is 1.25 bits per heavy atom. The van der Waals surface area contributed by atoms with E-state index in [2.05, 4.69) is 15.3 Å². The molecule has 0 aliphatic heterocycles. The van der Waals surface area contributed by atoms with Gasteiger partial charge in [-0.15, -0.1) is 21.8 Å². The zero-order valence-electron chi connectivity index (χ0n) is 8.17. The first kappa shape index (κ1) is 9.74. The molecular weight excluding hydrogens is 244 g/mol. The van der Waals surface area contributed by atoms with E-state index in [4.69, 9.17) is 11.6 Å². The van der Waals surface area contributed by atoms with Crippen molar-refractivity contribution in [1.82, 2.24) is 20.0 Å². The highest BCUT2D eigenvalue weighted by Crippen LogP contribution is 2.21. The molecule has 0 radical (unpaired) electrons. The van der Waals surface area contributed by atoms with Crippen molar-refractivity contribution in [3.63, 3.8) is 0 Å². The number of alkyl halides is 1. The van der Waals surface area contributed by atoms with Gasteiger partial charge in [-0.25, -0.2) is 4.68 Å². The van der Waals surface area contributed by atoms with E-state index < -0.39 is 0 Å². The Bertz CT molecular complexity index is 630. The third kappa shape index (κ3) is 1.48. The number of hydrogen-bond donors (Lipinski definition) is 0. The van der Waals surface area contributed by atoms with Crippen LogP contribution >= 0.6 is 22.9 Å². The summed E-state index contributed by atoms with van der Waals surface area (Å²) in [7, 11) is 0. The van der Waals surface area contributed by atoms with Gasteiger partial charge in [0.2, 0.25) is 5.13 Å². The number of halogens is 1. The number of benzene rings is 1. The third-order valence-corrected chi connectivity index (χ3v) is 3.54. The van der Waals surface area contributed by atoms with Gasteiger partial charge in [0, 0.05) is 5.39 Å². The van der Waals surface area contributed by atoms with Gasteiger partial charge in [-0.2, -0.15) is 5.10 Å². The molecule has 0 unspecified atom stereocenters. The summed E-state index contributed by atoms with van der Waals surface area (Å²) in [5.41, 5.74) is 1.03. The topological polar surface area (TPSA) is 43.6 Å². The van der Waals surface area contributed by atoms with Gasteiger partial charge in [-0.3, -0.25) is 0 Å². The van der Waals surface area contributed by atoms with Crippen LogP contribution in [0.3, 0.4) is 0 Å². The minimum absolute atomic E-state index is 0.386. The van der Waals surface area contributed by atoms with E-state index in [0.29, 0.717) is 5.88 Å². The van der Waals surface area contributed by atoms with Crippen LogP contribution in [0.25, 0.3) is 16.0 Å². The number of nitrogens with zero attached hydrogens (tertiary/aromatic N) is 4. The first-order valence-electron chi connectivity index (χ1n) is 4.70. The minimum atomic E-state index is 0.386. The van der Waals surface area contributed by atoms with Crippen molar-refractivity contribution in [3.05, 3.63) is 35.5 Å². The summed E-state index contributed by atoms with van der Waals surface area (Å²) in [6, 6.07) is 7.98. The summed E-state index contributed by atoms with van der Waals surface area (Å²) in [4.78, 5) is 0. The van der Waals surface area contributed by atoms with E-state index in [0.717, 1.165) is 21.0 Å². The largest absolute Gasteiger partial charge is 0.233 e. The Kier molecular flexibility index (Phi) is 2.34. The molecule has 0 aliphatic rings. The number of rotatable bonds is 2. The molecule has 16 heavy (non-hydrogen) atoms. The fourth-order valence-corrected chi connectivity index (χ4v) is 2.39. The van der Waals surface area contributed by atoms with E-state index in [1.165, 1.54) is 11.3 Å². The van der Waals surface area contributed by atoms with Crippen molar-refractivity contribution in [1.29, 1.82) is 0 Å². The average Bonchev–Trinajstić information content (AvgIpc) is 2.94. The summed E-state index contributed by atoms with van der Waals surface area (Å²) in [6.45, 7) is 0. The summed E-state index contributed by atoms with van der Waals surface area (Å²) in [5, 5.41) is 15.0. The lowest BCUT2D eigenvalue weighted by molar-refractivity contribution is 0.867. The lowest BCUT2D eigenvalue weighted by Crippen LogP contribution is -1.94. The van der Waals surface area contributed by atoms with E-state index in [9.17, 15) is 0 Å². The van der Waals surface area contributed by atoms with Crippen molar-refractivity contribution in [2.75, 3.05) is 0 Å². The smallest absolute Gasteiger partial charge is 0.204 e. The van der Waals surface area contributed by atoms with Crippen LogP contribution in [0.15, 0.2) is 30.5 Å². The van der Waals surface area contributed by atoms with Gasteiger partial charge in [0.1, 0.15) is 5.01 Å². The van der Waals surface area contributed by atoms with Gasteiger partial charge in [0.25, 0.3) is 0 Å². The van der Waals surface area contributed by atoms with Crippen LogP contribution in [0.4, 0.5) is 0 Å². The van der Waals surface area contributed by atoms with Gasteiger partial charge in [0.05, 0.1) is 17.6 Å². The van der Waals surface area contributed by atoms with E-state index in [1.54, 1.807) is 4.68 Å². The van der Waals surface area contributed by atoms with Gasteiger partial charge >= 0.3 is 0 Å². The van der Waals surface area contributed by atoms with Crippen molar-refractivity contribution in [2.45, 2.75) is 5.88 Å². The van der Waals surface area contributed by atoms with Crippen LogP contribution in [-0.2, 0) is 5.88 Å². The van der Waals surface area contributed by atoms with Gasteiger partial charge in [-0.1, -0.05) is 29.5 Å². The zero-order valence-corrected chi connectivity index (χ0v) is 9.74. The Hall–Kier alpha value is -1.46. The van der Waals surface area contributed by atoms with Gasteiger partial charge in [0.15, 0.2) is 0 Å². The maximum absolute atomic E-state index is 5.70.